The summed E-state index contributed by atoms with van der Waals surface area (Å²) in [5.74, 6) is 2.00. The van der Waals surface area contributed by atoms with Crippen molar-refractivity contribution in [1.29, 1.82) is 0 Å². The van der Waals surface area contributed by atoms with Crippen LogP contribution in [0.2, 0.25) is 0 Å². The molecule has 0 saturated heterocycles. The number of nitrogens with two attached hydrogens (primary N) is 1. The molecule has 0 bridgehead atoms. The number of fused-ring (bicyclic) bond motifs is 1. The number of carbonyl (C=O) groups is 1. The van der Waals surface area contributed by atoms with E-state index in [-0.39, 0.29) is 11.9 Å². The first-order valence-electron chi connectivity index (χ1n) is 7.93. The van der Waals surface area contributed by atoms with Crippen molar-refractivity contribution in [2.75, 3.05) is 19.8 Å². The average molecular weight is 304 g/mol. The Morgan fingerprint density at radius 2 is 2.00 bits per heavy atom. The summed E-state index contributed by atoms with van der Waals surface area (Å²) < 4.78 is 11.1. The van der Waals surface area contributed by atoms with E-state index in [1.807, 2.05) is 32.0 Å². The summed E-state index contributed by atoms with van der Waals surface area (Å²) in [5.41, 5.74) is 6.06. The minimum Gasteiger partial charge on any atom is -0.486 e. The third kappa shape index (κ3) is 2.90. The zero-order chi connectivity index (χ0) is 15.7. The van der Waals surface area contributed by atoms with Gasteiger partial charge in [0.15, 0.2) is 11.5 Å². The molecule has 5 heteroatoms. The molecule has 1 saturated carbocycles. The van der Waals surface area contributed by atoms with Crippen LogP contribution in [0.3, 0.4) is 0 Å². The summed E-state index contributed by atoms with van der Waals surface area (Å²) in [6.45, 7) is 5.45. The van der Waals surface area contributed by atoms with Crippen molar-refractivity contribution in [3.8, 4) is 11.5 Å². The fourth-order valence-corrected chi connectivity index (χ4v) is 2.78. The van der Waals surface area contributed by atoms with Gasteiger partial charge in [0.25, 0.3) is 0 Å². The quantitative estimate of drug-likeness (QED) is 0.866. The molecule has 1 aliphatic carbocycles. The molecule has 120 valence electrons. The molecule has 1 atom stereocenters. The van der Waals surface area contributed by atoms with Crippen LogP contribution in [-0.2, 0) is 10.2 Å². The normalized spacial score (nSPS) is 18.7. The van der Waals surface area contributed by atoms with Crippen LogP contribution in [0.15, 0.2) is 18.2 Å². The second-order valence-corrected chi connectivity index (χ2v) is 6.64. The van der Waals surface area contributed by atoms with Gasteiger partial charge in [0.1, 0.15) is 13.2 Å². The molecule has 1 fully saturated rings. The fourth-order valence-electron chi connectivity index (χ4n) is 2.78. The topological polar surface area (TPSA) is 73.6 Å². The summed E-state index contributed by atoms with van der Waals surface area (Å²) in [4.78, 5) is 12.7. The predicted molar refractivity (Wildman–Crippen MR) is 84.2 cm³/mol. The lowest BCUT2D eigenvalue weighted by molar-refractivity contribution is -0.126. The van der Waals surface area contributed by atoms with Crippen LogP contribution in [0.5, 0.6) is 11.5 Å². The molecule has 1 aromatic rings. The fraction of sp³-hybridized carbons (Fsp3) is 0.588. The van der Waals surface area contributed by atoms with Gasteiger partial charge in [-0.25, -0.2) is 0 Å². The molecule has 3 N–H and O–H groups in total. The first kappa shape index (κ1) is 15.2. The maximum absolute atomic E-state index is 12.7. The van der Waals surface area contributed by atoms with E-state index in [9.17, 15) is 4.79 Å². The van der Waals surface area contributed by atoms with Crippen LogP contribution in [0, 0.1) is 5.92 Å². The van der Waals surface area contributed by atoms with Gasteiger partial charge in [0.2, 0.25) is 5.91 Å². The van der Waals surface area contributed by atoms with Crippen molar-refractivity contribution in [2.45, 2.75) is 38.1 Å². The molecule has 5 nitrogen and oxygen atoms in total. The van der Waals surface area contributed by atoms with Crippen molar-refractivity contribution in [3.05, 3.63) is 23.8 Å². The zero-order valence-corrected chi connectivity index (χ0v) is 13.2. The summed E-state index contributed by atoms with van der Waals surface area (Å²) in [6.07, 6.45) is 2.32. The Morgan fingerprint density at radius 3 is 2.64 bits per heavy atom. The monoisotopic (exact) mass is 304 g/mol. The van der Waals surface area contributed by atoms with Gasteiger partial charge in [-0.2, -0.15) is 0 Å². The van der Waals surface area contributed by atoms with E-state index in [0.29, 0.717) is 31.4 Å². The highest BCUT2D eigenvalue weighted by Gasteiger charge is 2.36. The lowest BCUT2D eigenvalue weighted by atomic mass is 9.83. The maximum atomic E-state index is 12.7. The van der Waals surface area contributed by atoms with E-state index in [4.69, 9.17) is 15.2 Å². The molecule has 1 aliphatic heterocycles. The maximum Gasteiger partial charge on any atom is 0.230 e. The smallest absolute Gasteiger partial charge is 0.230 e. The molecule has 1 heterocycles. The lowest BCUT2D eigenvalue weighted by Crippen LogP contribution is -2.48. The first-order chi connectivity index (χ1) is 10.5. The van der Waals surface area contributed by atoms with Gasteiger partial charge < -0.3 is 20.5 Å². The van der Waals surface area contributed by atoms with E-state index in [2.05, 4.69) is 5.32 Å². The van der Waals surface area contributed by atoms with Crippen molar-refractivity contribution in [3.63, 3.8) is 0 Å². The van der Waals surface area contributed by atoms with Gasteiger partial charge in [-0.05, 0) is 50.3 Å². The van der Waals surface area contributed by atoms with Crippen LogP contribution in [-0.4, -0.2) is 31.7 Å². The minimum absolute atomic E-state index is 0.00604. The van der Waals surface area contributed by atoms with E-state index >= 15 is 0 Å². The number of benzene rings is 1. The van der Waals surface area contributed by atoms with E-state index in [1.165, 1.54) is 0 Å². The number of rotatable bonds is 5. The van der Waals surface area contributed by atoms with Gasteiger partial charge in [-0.1, -0.05) is 6.07 Å². The highest BCUT2D eigenvalue weighted by atomic mass is 16.6. The van der Waals surface area contributed by atoms with Crippen LogP contribution in [0.1, 0.15) is 32.3 Å². The Hall–Kier alpha value is -1.75. The van der Waals surface area contributed by atoms with Gasteiger partial charge in [-0.3, -0.25) is 4.79 Å². The van der Waals surface area contributed by atoms with Gasteiger partial charge >= 0.3 is 0 Å². The first-order valence-corrected chi connectivity index (χ1v) is 7.93. The van der Waals surface area contributed by atoms with Crippen LogP contribution < -0.4 is 20.5 Å². The lowest BCUT2D eigenvalue weighted by Gasteiger charge is -2.29. The molecule has 3 rings (SSSR count). The van der Waals surface area contributed by atoms with Crippen LogP contribution in [0.25, 0.3) is 0 Å². The molecule has 0 spiro atoms. The summed E-state index contributed by atoms with van der Waals surface area (Å²) in [6, 6.07) is 5.80. The minimum atomic E-state index is -0.641. The molecule has 0 aromatic heterocycles. The van der Waals surface area contributed by atoms with E-state index in [1.54, 1.807) is 0 Å². The zero-order valence-electron chi connectivity index (χ0n) is 13.2. The Kier molecular flexibility index (Phi) is 4.00. The number of amides is 1. The number of nitrogens with one attached hydrogen (secondary N) is 1. The van der Waals surface area contributed by atoms with Crippen LogP contribution >= 0.6 is 0 Å². The second-order valence-electron chi connectivity index (χ2n) is 6.64. The molecule has 22 heavy (non-hydrogen) atoms. The predicted octanol–water partition coefficient (Wildman–Crippen LogP) is 1.59. The summed E-state index contributed by atoms with van der Waals surface area (Å²) >= 11 is 0. The molecule has 1 amide bonds. The Labute approximate surface area is 131 Å². The molecule has 2 aliphatic rings. The van der Waals surface area contributed by atoms with Crippen molar-refractivity contribution in [1.82, 2.24) is 5.32 Å². The van der Waals surface area contributed by atoms with Gasteiger partial charge in [0, 0.05) is 12.6 Å². The standard InChI is InChI=1S/C17H24N2O3/c1-17(2,16(20)19-13(10-18)11-3-4-11)12-5-6-14-15(9-12)22-8-7-21-14/h5-6,9,11,13H,3-4,7-8,10,18H2,1-2H3,(H,19,20). The number of hydrogen-bond donors (Lipinski definition) is 2. The third-order valence-corrected chi connectivity index (χ3v) is 4.59. The van der Waals surface area contributed by atoms with Gasteiger partial charge in [-0.15, -0.1) is 0 Å². The molecule has 1 unspecified atom stereocenters. The Balaban J connectivity index is 1.77. The Bertz CT molecular complexity index is 567. The third-order valence-electron chi connectivity index (χ3n) is 4.59. The summed E-state index contributed by atoms with van der Waals surface area (Å²) in [5, 5.41) is 3.11. The van der Waals surface area contributed by atoms with E-state index < -0.39 is 5.41 Å². The second kappa shape index (κ2) is 5.80. The van der Waals surface area contributed by atoms with Crippen molar-refractivity contribution >= 4 is 5.91 Å². The van der Waals surface area contributed by atoms with Crippen molar-refractivity contribution in [2.24, 2.45) is 11.7 Å². The number of hydrogen-bond acceptors (Lipinski definition) is 4. The highest BCUT2D eigenvalue weighted by molar-refractivity contribution is 5.87. The largest absolute Gasteiger partial charge is 0.486 e. The molecule has 0 radical (unpaired) electrons. The number of carbonyl (C=O) groups excluding carboxylic acids is 1. The van der Waals surface area contributed by atoms with E-state index in [0.717, 1.165) is 24.2 Å². The number of ether oxygens (including phenoxy) is 2. The molecule has 1 aromatic carbocycles. The van der Waals surface area contributed by atoms with Crippen LogP contribution in [0.4, 0.5) is 0 Å². The molecular weight excluding hydrogens is 280 g/mol. The van der Waals surface area contributed by atoms with Gasteiger partial charge in [0.05, 0.1) is 5.41 Å². The Morgan fingerprint density at radius 1 is 1.32 bits per heavy atom. The average Bonchev–Trinajstić information content (AvgIpc) is 3.36. The molecular formula is C17H24N2O3. The SMILES string of the molecule is CC(C)(C(=O)NC(CN)C1CC1)c1ccc2c(c1)OCCO2. The highest BCUT2D eigenvalue weighted by Crippen LogP contribution is 2.36. The summed E-state index contributed by atoms with van der Waals surface area (Å²) in [7, 11) is 0. The van der Waals surface area contributed by atoms with Crippen molar-refractivity contribution < 1.29 is 14.3 Å².